The Morgan fingerprint density at radius 3 is 2.40 bits per heavy atom. The second-order valence-corrected chi connectivity index (χ2v) is 6.17. The summed E-state index contributed by atoms with van der Waals surface area (Å²) >= 11 is 0. The lowest BCUT2D eigenvalue weighted by Gasteiger charge is -2.33. The number of likely N-dealkylation sites (tertiary alicyclic amines) is 1. The maximum Gasteiger partial charge on any atom is 0.253 e. The van der Waals surface area contributed by atoms with Gasteiger partial charge in [-0.05, 0) is 44.0 Å². The molecule has 7 heteroatoms. The number of nitrogens with one attached hydrogen (secondary N) is 1. The van der Waals surface area contributed by atoms with Gasteiger partial charge in [0, 0.05) is 37.2 Å². The third-order valence-corrected chi connectivity index (χ3v) is 4.34. The quantitative estimate of drug-likeness (QED) is 0.801. The van der Waals surface area contributed by atoms with Crippen molar-refractivity contribution in [2.45, 2.75) is 32.7 Å². The van der Waals surface area contributed by atoms with Crippen LogP contribution in [0.2, 0.25) is 0 Å². The number of carbonyl (C=O) groups is 2. The summed E-state index contributed by atoms with van der Waals surface area (Å²) in [7, 11) is 0. The van der Waals surface area contributed by atoms with Gasteiger partial charge in [-0.1, -0.05) is 6.92 Å². The molecule has 0 aliphatic carbocycles. The molecule has 1 aliphatic heterocycles. The fraction of sp³-hybridized carbons (Fsp3) is 0.556. The fourth-order valence-electron chi connectivity index (χ4n) is 2.72. The normalized spacial score (nSPS) is 15.9. The second kappa shape index (κ2) is 10.3. The Hall–Kier alpha value is -1.79. The zero-order valence-corrected chi connectivity index (χ0v) is 15.7. The molecular formula is C18H28ClN3O3. The van der Waals surface area contributed by atoms with E-state index in [-0.39, 0.29) is 36.2 Å². The number of nitrogens with two attached hydrogens (primary N) is 1. The van der Waals surface area contributed by atoms with E-state index >= 15 is 0 Å². The standard InChI is InChI=1S/C18H27N3O3.ClH/c1-3-24-16-6-4-14(5-7-16)18(23)21-10-8-15(9-11-21)20-17(22)13(2)12-19;/h4-7,13,15H,3,8-12,19H2,1-2H3,(H,20,22);1H. The number of carbonyl (C=O) groups excluding carboxylic acids is 2. The van der Waals surface area contributed by atoms with E-state index in [4.69, 9.17) is 10.5 Å². The lowest BCUT2D eigenvalue weighted by Crippen LogP contribution is -2.48. The van der Waals surface area contributed by atoms with Crippen LogP contribution >= 0.6 is 12.4 Å². The Kier molecular flexibility index (Phi) is 8.72. The molecule has 1 fully saturated rings. The van der Waals surface area contributed by atoms with Crippen molar-refractivity contribution in [2.24, 2.45) is 11.7 Å². The monoisotopic (exact) mass is 369 g/mol. The van der Waals surface area contributed by atoms with Crippen molar-refractivity contribution in [3.63, 3.8) is 0 Å². The molecule has 1 aliphatic rings. The minimum absolute atomic E-state index is 0. The summed E-state index contributed by atoms with van der Waals surface area (Å²) in [6, 6.07) is 7.35. The summed E-state index contributed by atoms with van der Waals surface area (Å²) in [5, 5.41) is 3.02. The summed E-state index contributed by atoms with van der Waals surface area (Å²) < 4.78 is 5.39. The first kappa shape index (κ1) is 21.3. The van der Waals surface area contributed by atoms with Gasteiger partial charge in [-0.15, -0.1) is 12.4 Å². The molecule has 1 aromatic carbocycles. The maximum absolute atomic E-state index is 12.5. The van der Waals surface area contributed by atoms with E-state index in [1.54, 1.807) is 12.1 Å². The summed E-state index contributed by atoms with van der Waals surface area (Å²) in [6.45, 7) is 5.99. The number of ether oxygens (including phenoxy) is 1. The number of benzene rings is 1. The molecule has 0 bridgehead atoms. The van der Waals surface area contributed by atoms with Crippen molar-refractivity contribution in [3.05, 3.63) is 29.8 Å². The molecule has 0 radical (unpaired) electrons. The first-order valence-electron chi connectivity index (χ1n) is 8.57. The highest BCUT2D eigenvalue weighted by molar-refractivity contribution is 5.94. The van der Waals surface area contributed by atoms with Crippen molar-refractivity contribution in [1.29, 1.82) is 0 Å². The Balaban J connectivity index is 0.00000312. The van der Waals surface area contributed by atoms with Crippen LogP contribution < -0.4 is 15.8 Å². The molecule has 2 amide bonds. The Bertz CT molecular complexity index is 557. The Morgan fingerprint density at radius 1 is 1.28 bits per heavy atom. The molecule has 0 aromatic heterocycles. The lowest BCUT2D eigenvalue weighted by molar-refractivity contribution is -0.125. The first-order valence-corrected chi connectivity index (χ1v) is 8.57. The molecule has 0 spiro atoms. The molecule has 0 saturated carbocycles. The molecule has 1 atom stereocenters. The third-order valence-electron chi connectivity index (χ3n) is 4.34. The number of hydrogen-bond donors (Lipinski definition) is 2. The second-order valence-electron chi connectivity index (χ2n) is 6.17. The molecule has 140 valence electrons. The molecule has 6 nitrogen and oxygen atoms in total. The van der Waals surface area contributed by atoms with Gasteiger partial charge in [0.2, 0.25) is 5.91 Å². The van der Waals surface area contributed by atoms with Crippen molar-refractivity contribution in [3.8, 4) is 5.75 Å². The van der Waals surface area contributed by atoms with E-state index in [2.05, 4.69) is 5.32 Å². The summed E-state index contributed by atoms with van der Waals surface area (Å²) in [6.07, 6.45) is 1.54. The van der Waals surface area contributed by atoms with E-state index < -0.39 is 0 Å². The highest BCUT2D eigenvalue weighted by atomic mass is 35.5. The molecule has 25 heavy (non-hydrogen) atoms. The molecule has 1 aromatic rings. The SMILES string of the molecule is CCOc1ccc(C(=O)N2CCC(NC(=O)C(C)CN)CC2)cc1.Cl. The van der Waals surface area contributed by atoms with Gasteiger partial charge in [0.1, 0.15) is 5.75 Å². The molecule has 3 N–H and O–H groups in total. The van der Waals surface area contributed by atoms with Crippen LogP contribution in [0.15, 0.2) is 24.3 Å². The van der Waals surface area contributed by atoms with Crippen LogP contribution in [0.4, 0.5) is 0 Å². The largest absolute Gasteiger partial charge is 0.494 e. The zero-order chi connectivity index (χ0) is 17.5. The molecule has 2 rings (SSSR count). The number of rotatable bonds is 6. The number of piperidine rings is 1. The van der Waals surface area contributed by atoms with Crippen LogP contribution in [0.25, 0.3) is 0 Å². The molecular weight excluding hydrogens is 342 g/mol. The first-order chi connectivity index (χ1) is 11.5. The van der Waals surface area contributed by atoms with Gasteiger partial charge in [-0.2, -0.15) is 0 Å². The summed E-state index contributed by atoms with van der Waals surface area (Å²) in [4.78, 5) is 26.3. The minimum Gasteiger partial charge on any atom is -0.494 e. The van der Waals surface area contributed by atoms with E-state index in [1.165, 1.54) is 0 Å². The Morgan fingerprint density at radius 2 is 1.88 bits per heavy atom. The predicted octanol–water partition coefficient (Wildman–Crippen LogP) is 1.82. The van der Waals surface area contributed by atoms with E-state index in [9.17, 15) is 9.59 Å². The van der Waals surface area contributed by atoms with E-state index in [0.29, 0.717) is 31.8 Å². The van der Waals surface area contributed by atoms with Crippen LogP contribution in [0.5, 0.6) is 5.75 Å². The summed E-state index contributed by atoms with van der Waals surface area (Å²) in [5.41, 5.74) is 6.18. The highest BCUT2D eigenvalue weighted by Gasteiger charge is 2.25. The van der Waals surface area contributed by atoms with Crippen LogP contribution in [-0.4, -0.2) is 49.0 Å². The molecule has 1 unspecified atom stereocenters. The molecule has 1 heterocycles. The molecule has 1 saturated heterocycles. The lowest BCUT2D eigenvalue weighted by atomic mass is 10.0. The minimum atomic E-state index is -0.173. The van der Waals surface area contributed by atoms with Crippen molar-refractivity contribution < 1.29 is 14.3 Å². The van der Waals surface area contributed by atoms with E-state index in [1.807, 2.05) is 30.9 Å². The summed E-state index contributed by atoms with van der Waals surface area (Å²) in [5.74, 6) is 0.616. The van der Waals surface area contributed by atoms with Gasteiger partial charge in [0.15, 0.2) is 0 Å². The number of nitrogens with zero attached hydrogens (tertiary/aromatic N) is 1. The highest BCUT2D eigenvalue weighted by Crippen LogP contribution is 2.17. The average Bonchev–Trinajstić information content (AvgIpc) is 2.62. The van der Waals surface area contributed by atoms with Crippen LogP contribution in [0.1, 0.15) is 37.0 Å². The predicted molar refractivity (Wildman–Crippen MR) is 100 cm³/mol. The van der Waals surface area contributed by atoms with Crippen molar-refractivity contribution in [1.82, 2.24) is 10.2 Å². The number of amides is 2. The van der Waals surface area contributed by atoms with Crippen LogP contribution in [0, 0.1) is 5.92 Å². The van der Waals surface area contributed by atoms with Gasteiger partial charge in [0.05, 0.1) is 6.61 Å². The Labute approximate surface area is 155 Å². The van der Waals surface area contributed by atoms with Gasteiger partial charge < -0.3 is 20.7 Å². The maximum atomic E-state index is 12.5. The van der Waals surface area contributed by atoms with Gasteiger partial charge in [-0.3, -0.25) is 9.59 Å². The third kappa shape index (κ3) is 5.90. The van der Waals surface area contributed by atoms with Crippen molar-refractivity contribution in [2.75, 3.05) is 26.2 Å². The van der Waals surface area contributed by atoms with Gasteiger partial charge in [-0.25, -0.2) is 0 Å². The van der Waals surface area contributed by atoms with Crippen LogP contribution in [0.3, 0.4) is 0 Å². The number of hydrogen-bond acceptors (Lipinski definition) is 4. The van der Waals surface area contributed by atoms with E-state index in [0.717, 1.165) is 18.6 Å². The average molecular weight is 370 g/mol. The topological polar surface area (TPSA) is 84.7 Å². The fourth-order valence-corrected chi connectivity index (χ4v) is 2.72. The number of halogens is 1. The van der Waals surface area contributed by atoms with Crippen LogP contribution in [-0.2, 0) is 4.79 Å². The zero-order valence-electron chi connectivity index (χ0n) is 14.9. The van der Waals surface area contributed by atoms with Crippen molar-refractivity contribution >= 4 is 24.2 Å². The van der Waals surface area contributed by atoms with Gasteiger partial charge >= 0.3 is 0 Å². The smallest absolute Gasteiger partial charge is 0.253 e. The van der Waals surface area contributed by atoms with Gasteiger partial charge in [0.25, 0.3) is 5.91 Å².